The molecule has 0 aliphatic carbocycles. The first-order valence-corrected chi connectivity index (χ1v) is 7.37. The lowest BCUT2D eigenvalue weighted by molar-refractivity contribution is -0.117. The molecular formula is C13H15BrN2OS. The van der Waals surface area contributed by atoms with E-state index in [0.717, 1.165) is 14.6 Å². The molecule has 96 valence electrons. The molecule has 1 aromatic rings. The minimum atomic E-state index is -0.0398. The zero-order valence-electron chi connectivity index (χ0n) is 10.7. The number of thiazole rings is 1. The van der Waals surface area contributed by atoms with Gasteiger partial charge in [0, 0.05) is 24.3 Å². The molecule has 3 nitrogen and oxygen atoms in total. The highest BCUT2D eigenvalue weighted by Gasteiger charge is 2.33. The van der Waals surface area contributed by atoms with Crippen molar-refractivity contribution in [2.75, 3.05) is 11.4 Å². The molecule has 1 aromatic heterocycles. The molecule has 0 spiro atoms. The van der Waals surface area contributed by atoms with Crippen LogP contribution in [-0.4, -0.2) is 17.4 Å². The molecule has 1 atom stereocenters. The van der Waals surface area contributed by atoms with Gasteiger partial charge in [0.25, 0.3) is 0 Å². The lowest BCUT2D eigenvalue weighted by atomic mass is 9.93. The highest BCUT2D eigenvalue weighted by Crippen LogP contribution is 2.39. The van der Waals surface area contributed by atoms with Crippen LogP contribution in [0.1, 0.15) is 32.9 Å². The van der Waals surface area contributed by atoms with Crippen molar-refractivity contribution < 1.29 is 4.79 Å². The smallest absolute Gasteiger partial charge is 0.230 e. The van der Waals surface area contributed by atoms with Gasteiger partial charge in [-0.2, -0.15) is 0 Å². The van der Waals surface area contributed by atoms with Gasteiger partial charge in [-0.1, -0.05) is 32.1 Å². The van der Waals surface area contributed by atoms with Crippen LogP contribution < -0.4 is 4.90 Å². The number of aromatic nitrogens is 1. The summed E-state index contributed by atoms with van der Waals surface area (Å²) in [5, 5.41) is 0.745. The molecule has 18 heavy (non-hydrogen) atoms. The van der Waals surface area contributed by atoms with Crippen molar-refractivity contribution >= 4 is 38.3 Å². The Hall–Kier alpha value is -0.860. The van der Waals surface area contributed by atoms with Crippen LogP contribution in [0.25, 0.3) is 0 Å². The molecule has 0 radical (unpaired) electrons. The van der Waals surface area contributed by atoms with E-state index in [2.05, 4.69) is 47.6 Å². The number of anilines is 1. The minimum Gasteiger partial charge on any atom is -0.287 e. The highest BCUT2D eigenvalue weighted by molar-refractivity contribution is 9.11. The molecule has 1 saturated heterocycles. The van der Waals surface area contributed by atoms with E-state index in [1.165, 1.54) is 11.3 Å². The number of terminal acetylenes is 1. The Morgan fingerprint density at radius 1 is 1.56 bits per heavy atom. The largest absolute Gasteiger partial charge is 0.287 e. The molecule has 0 saturated carbocycles. The Labute approximate surface area is 120 Å². The Kier molecular flexibility index (Phi) is 3.52. The maximum atomic E-state index is 11.9. The summed E-state index contributed by atoms with van der Waals surface area (Å²) in [6, 6.07) is 0. The van der Waals surface area contributed by atoms with Gasteiger partial charge in [-0.3, -0.25) is 9.69 Å². The normalized spacial score (nSPS) is 20.3. The van der Waals surface area contributed by atoms with Gasteiger partial charge in [0.1, 0.15) is 0 Å². The van der Waals surface area contributed by atoms with Crippen molar-refractivity contribution in [1.82, 2.24) is 4.98 Å². The highest BCUT2D eigenvalue weighted by atomic mass is 79.9. The summed E-state index contributed by atoms with van der Waals surface area (Å²) in [6.07, 6.45) is 5.81. The molecule has 0 aromatic carbocycles. The van der Waals surface area contributed by atoms with Crippen LogP contribution in [0.15, 0.2) is 3.79 Å². The second-order valence-electron chi connectivity index (χ2n) is 5.44. The van der Waals surface area contributed by atoms with E-state index in [1.807, 2.05) is 0 Å². The number of amides is 1. The molecule has 1 aliphatic rings. The first-order valence-electron chi connectivity index (χ1n) is 5.76. The lowest BCUT2D eigenvalue weighted by Crippen LogP contribution is -2.24. The fourth-order valence-electron chi connectivity index (χ4n) is 1.87. The van der Waals surface area contributed by atoms with Crippen molar-refractivity contribution in [2.24, 2.45) is 5.92 Å². The number of rotatable bonds is 1. The maximum Gasteiger partial charge on any atom is 0.230 e. The van der Waals surface area contributed by atoms with Crippen molar-refractivity contribution in [1.29, 1.82) is 0 Å². The molecule has 0 bridgehead atoms. The van der Waals surface area contributed by atoms with Crippen LogP contribution in [0.2, 0.25) is 0 Å². The summed E-state index contributed by atoms with van der Waals surface area (Å²) in [7, 11) is 0. The summed E-state index contributed by atoms with van der Waals surface area (Å²) in [4.78, 5) is 18.2. The molecule has 1 unspecified atom stereocenters. The third-order valence-corrected chi connectivity index (χ3v) is 4.60. The van der Waals surface area contributed by atoms with Crippen molar-refractivity contribution in [3.8, 4) is 12.3 Å². The SMILES string of the molecule is C#CC1CC(=O)N(c2nc(C(C)(C)C)c(Br)s2)C1. The zero-order valence-corrected chi connectivity index (χ0v) is 13.1. The van der Waals surface area contributed by atoms with Crippen molar-refractivity contribution in [3.05, 3.63) is 9.48 Å². The molecule has 1 amide bonds. The van der Waals surface area contributed by atoms with E-state index in [9.17, 15) is 4.79 Å². The fraction of sp³-hybridized carbons (Fsp3) is 0.538. The summed E-state index contributed by atoms with van der Waals surface area (Å²) >= 11 is 5.03. The monoisotopic (exact) mass is 326 g/mol. The lowest BCUT2D eigenvalue weighted by Gasteiger charge is -2.16. The Balaban J connectivity index is 2.31. The third kappa shape index (κ3) is 2.45. The fourth-order valence-corrected chi connectivity index (χ4v) is 4.02. The molecule has 2 heterocycles. The predicted molar refractivity (Wildman–Crippen MR) is 77.8 cm³/mol. The molecule has 2 rings (SSSR count). The third-order valence-electron chi connectivity index (χ3n) is 2.88. The van der Waals surface area contributed by atoms with Crippen LogP contribution in [0.4, 0.5) is 5.13 Å². The summed E-state index contributed by atoms with van der Waals surface area (Å²) in [6.45, 7) is 6.89. The van der Waals surface area contributed by atoms with E-state index in [0.29, 0.717) is 13.0 Å². The average Bonchev–Trinajstić information content (AvgIpc) is 2.80. The summed E-state index contributed by atoms with van der Waals surface area (Å²) in [5.74, 6) is 2.73. The second-order valence-corrected chi connectivity index (χ2v) is 7.74. The average molecular weight is 327 g/mol. The number of carbonyl (C=O) groups excluding carboxylic acids is 1. The minimum absolute atomic E-state index is 0.0123. The van der Waals surface area contributed by atoms with Crippen LogP contribution in [0.5, 0.6) is 0 Å². The maximum absolute atomic E-state index is 11.9. The van der Waals surface area contributed by atoms with E-state index in [-0.39, 0.29) is 17.2 Å². The Morgan fingerprint density at radius 3 is 2.67 bits per heavy atom. The quantitative estimate of drug-likeness (QED) is 0.742. The zero-order chi connectivity index (χ0) is 13.5. The molecule has 0 N–H and O–H groups in total. The first-order chi connectivity index (χ1) is 8.32. The molecule has 5 heteroatoms. The van der Waals surface area contributed by atoms with Crippen molar-refractivity contribution in [3.63, 3.8) is 0 Å². The van der Waals surface area contributed by atoms with E-state index < -0.39 is 0 Å². The van der Waals surface area contributed by atoms with Crippen LogP contribution in [0.3, 0.4) is 0 Å². The van der Waals surface area contributed by atoms with Crippen LogP contribution >= 0.6 is 27.3 Å². The second kappa shape index (κ2) is 4.67. The Morgan fingerprint density at radius 2 is 2.22 bits per heavy atom. The standard InChI is InChI=1S/C13H15BrN2OS/c1-5-8-6-9(17)16(7-8)12-15-10(11(14)18-12)13(2,3)4/h1,8H,6-7H2,2-4H3. The van der Waals surface area contributed by atoms with Gasteiger partial charge in [0.2, 0.25) is 5.91 Å². The number of halogens is 1. The molecule has 1 aliphatic heterocycles. The van der Waals surface area contributed by atoms with Crippen LogP contribution in [0, 0.1) is 18.3 Å². The van der Waals surface area contributed by atoms with E-state index in [4.69, 9.17) is 6.42 Å². The topological polar surface area (TPSA) is 33.2 Å². The van der Waals surface area contributed by atoms with Gasteiger partial charge < -0.3 is 0 Å². The van der Waals surface area contributed by atoms with Gasteiger partial charge in [0.15, 0.2) is 5.13 Å². The van der Waals surface area contributed by atoms with Gasteiger partial charge >= 0.3 is 0 Å². The van der Waals surface area contributed by atoms with E-state index >= 15 is 0 Å². The number of carbonyl (C=O) groups is 1. The van der Waals surface area contributed by atoms with Crippen LogP contribution in [-0.2, 0) is 10.2 Å². The molecule has 1 fully saturated rings. The van der Waals surface area contributed by atoms with Gasteiger partial charge in [0.05, 0.1) is 9.48 Å². The van der Waals surface area contributed by atoms with Crippen molar-refractivity contribution in [2.45, 2.75) is 32.6 Å². The van der Waals surface area contributed by atoms with Gasteiger partial charge in [-0.25, -0.2) is 4.98 Å². The van der Waals surface area contributed by atoms with Gasteiger partial charge in [-0.05, 0) is 15.9 Å². The van der Waals surface area contributed by atoms with E-state index in [1.54, 1.807) is 4.90 Å². The predicted octanol–water partition coefficient (Wildman–Crippen LogP) is 3.19. The first kappa shape index (κ1) is 13.6. The summed E-state index contributed by atoms with van der Waals surface area (Å²) in [5.41, 5.74) is 0.946. The van der Waals surface area contributed by atoms with Gasteiger partial charge in [-0.15, -0.1) is 12.3 Å². The number of hydrogen-bond donors (Lipinski definition) is 0. The summed E-state index contributed by atoms with van der Waals surface area (Å²) < 4.78 is 0.988. The number of nitrogens with zero attached hydrogens (tertiary/aromatic N) is 2. The number of hydrogen-bond acceptors (Lipinski definition) is 3. The Bertz CT molecular complexity index is 524. The molecular weight excluding hydrogens is 312 g/mol.